The third-order valence-electron chi connectivity index (χ3n) is 6.40. The summed E-state index contributed by atoms with van der Waals surface area (Å²) in [5.74, 6) is 3.01. The van der Waals surface area contributed by atoms with Gasteiger partial charge in [0.25, 0.3) is 0 Å². The molecule has 0 N–H and O–H groups in total. The summed E-state index contributed by atoms with van der Waals surface area (Å²) in [6, 6.07) is 0. The van der Waals surface area contributed by atoms with E-state index in [2.05, 4.69) is 34.6 Å². The van der Waals surface area contributed by atoms with Crippen LogP contribution in [0.1, 0.15) is 86.0 Å². The Morgan fingerprint density at radius 3 is 2.50 bits per heavy atom. The van der Waals surface area contributed by atoms with E-state index < -0.39 is 0 Å². The first-order valence-corrected chi connectivity index (χ1v) is 8.49. The monoisotopic (exact) mass is 250 g/mol. The maximum absolute atomic E-state index is 2.60. The van der Waals surface area contributed by atoms with Crippen molar-refractivity contribution in [1.29, 1.82) is 0 Å². The summed E-state index contributed by atoms with van der Waals surface area (Å²) in [6.07, 6.45) is 11.7. The molecule has 0 saturated heterocycles. The highest BCUT2D eigenvalue weighted by molar-refractivity contribution is 5.21. The van der Waals surface area contributed by atoms with E-state index in [1.165, 1.54) is 44.9 Å². The zero-order valence-corrected chi connectivity index (χ0v) is 13.4. The van der Waals surface area contributed by atoms with Gasteiger partial charge in [0.15, 0.2) is 0 Å². The summed E-state index contributed by atoms with van der Waals surface area (Å²) in [6.45, 7) is 12.3. The molecule has 106 valence electrons. The van der Waals surface area contributed by atoms with Gasteiger partial charge in [-0.15, -0.1) is 0 Å². The number of hydrogen-bond acceptors (Lipinski definition) is 0. The summed E-state index contributed by atoms with van der Waals surface area (Å²) in [5.41, 5.74) is 1.51. The molecule has 2 aliphatic carbocycles. The van der Waals surface area contributed by atoms with Crippen molar-refractivity contribution in [2.45, 2.75) is 86.0 Å². The van der Waals surface area contributed by atoms with Crippen molar-refractivity contribution < 1.29 is 0 Å². The Morgan fingerprint density at radius 2 is 1.94 bits per heavy atom. The summed E-state index contributed by atoms with van der Waals surface area (Å²) in [7, 11) is 0. The van der Waals surface area contributed by atoms with E-state index in [1.807, 2.05) is 0 Å². The molecule has 0 amide bonds. The normalized spacial score (nSPS) is 43.8. The minimum atomic E-state index is 0.714. The lowest BCUT2D eigenvalue weighted by atomic mass is 9.57. The fraction of sp³-hybridized carbons (Fsp3) is 1.00. The lowest BCUT2D eigenvalue weighted by Crippen LogP contribution is -2.40. The van der Waals surface area contributed by atoms with Gasteiger partial charge in [-0.1, -0.05) is 66.7 Å². The Balaban J connectivity index is 1.81. The molecule has 2 fully saturated rings. The second-order valence-electron chi connectivity index (χ2n) is 7.89. The molecular formula is C18H34. The predicted molar refractivity (Wildman–Crippen MR) is 80.6 cm³/mol. The van der Waals surface area contributed by atoms with E-state index in [-0.39, 0.29) is 0 Å². The van der Waals surface area contributed by atoms with Crippen LogP contribution >= 0.6 is 0 Å². The van der Waals surface area contributed by atoms with E-state index in [0.29, 0.717) is 5.41 Å². The quantitative estimate of drug-likeness (QED) is 0.482. The summed E-state index contributed by atoms with van der Waals surface area (Å²) >= 11 is 0. The summed E-state index contributed by atoms with van der Waals surface area (Å²) < 4.78 is 0. The molecule has 0 radical (unpaired) electrons. The summed E-state index contributed by atoms with van der Waals surface area (Å²) in [4.78, 5) is 0. The first-order valence-electron chi connectivity index (χ1n) is 8.49. The molecule has 5 unspecified atom stereocenters. The van der Waals surface area contributed by atoms with Gasteiger partial charge in [0, 0.05) is 0 Å². The average molecular weight is 250 g/mol. The van der Waals surface area contributed by atoms with Gasteiger partial charge in [0.05, 0.1) is 0 Å². The van der Waals surface area contributed by atoms with Gasteiger partial charge in [-0.05, 0) is 47.8 Å². The third kappa shape index (κ3) is 2.25. The maximum atomic E-state index is 2.60. The van der Waals surface area contributed by atoms with Crippen molar-refractivity contribution in [3.8, 4) is 0 Å². The number of unbranched alkanes of at least 4 members (excludes halogenated alkanes) is 2. The maximum Gasteiger partial charge on any atom is -0.0205 e. The highest BCUT2D eigenvalue weighted by Crippen LogP contribution is 2.80. The molecule has 18 heavy (non-hydrogen) atoms. The first kappa shape index (κ1) is 14.4. The lowest BCUT2D eigenvalue weighted by molar-refractivity contribution is 0.0155. The molecule has 0 heterocycles. The van der Waals surface area contributed by atoms with Gasteiger partial charge in [-0.2, -0.15) is 0 Å². The van der Waals surface area contributed by atoms with Crippen LogP contribution in [0.4, 0.5) is 0 Å². The molecule has 1 spiro atoms. The van der Waals surface area contributed by atoms with E-state index in [0.717, 1.165) is 23.2 Å². The van der Waals surface area contributed by atoms with Crippen molar-refractivity contribution in [2.24, 2.45) is 28.6 Å². The molecule has 0 nitrogen and oxygen atoms in total. The standard InChI is InChI=1S/C18H34/c1-6-8-9-10-14(3)11-17(5)13-18(17)12-15(4)16(18)7-2/h14-16H,6-13H2,1-5H3. The van der Waals surface area contributed by atoms with Gasteiger partial charge < -0.3 is 0 Å². The van der Waals surface area contributed by atoms with E-state index in [9.17, 15) is 0 Å². The Kier molecular flexibility index (Phi) is 4.14. The molecule has 0 heteroatoms. The second-order valence-corrected chi connectivity index (χ2v) is 7.89. The number of rotatable bonds is 7. The fourth-order valence-corrected chi connectivity index (χ4v) is 5.48. The molecule has 0 aliphatic heterocycles. The smallest absolute Gasteiger partial charge is 0.0205 e. The van der Waals surface area contributed by atoms with Crippen molar-refractivity contribution >= 4 is 0 Å². The van der Waals surface area contributed by atoms with Crippen LogP contribution in [-0.2, 0) is 0 Å². The van der Waals surface area contributed by atoms with E-state index in [1.54, 1.807) is 6.42 Å². The Morgan fingerprint density at radius 1 is 1.22 bits per heavy atom. The van der Waals surface area contributed by atoms with Crippen molar-refractivity contribution in [2.75, 3.05) is 0 Å². The Bertz CT molecular complexity index is 282. The highest BCUT2D eigenvalue weighted by Gasteiger charge is 2.72. The van der Waals surface area contributed by atoms with Gasteiger partial charge in [0.1, 0.15) is 0 Å². The SMILES string of the molecule is CCCCCC(C)CC1(C)CC12CC(C)C2CC. The largest absolute Gasteiger partial charge is 0.0654 e. The van der Waals surface area contributed by atoms with Crippen LogP contribution in [0.2, 0.25) is 0 Å². The average Bonchev–Trinajstić information content (AvgIpc) is 2.86. The van der Waals surface area contributed by atoms with Crippen LogP contribution in [0.25, 0.3) is 0 Å². The van der Waals surface area contributed by atoms with Crippen molar-refractivity contribution in [3.05, 3.63) is 0 Å². The molecule has 0 bridgehead atoms. The molecule has 2 saturated carbocycles. The highest BCUT2D eigenvalue weighted by atomic mass is 14.8. The zero-order chi connectivity index (χ0) is 13.4. The van der Waals surface area contributed by atoms with Crippen LogP contribution < -0.4 is 0 Å². The molecule has 5 atom stereocenters. The van der Waals surface area contributed by atoms with E-state index >= 15 is 0 Å². The molecule has 0 aromatic rings. The van der Waals surface area contributed by atoms with Crippen LogP contribution in [0.5, 0.6) is 0 Å². The lowest BCUT2D eigenvalue weighted by Gasteiger charge is -2.47. The minimum Gasteiger partial charge on any atom is -0.0654 e. The van der Waals surface area contributed by atoms with Gasteiger partial charge in [0.2, 0.25) is 0 Å². The van der Waals surface area contributed by atoms with Crippen molar-refractivity contribution in [3.63, 3.8) is 0 Å². The first-order chi connectivity index (χ1) is 8.49. The Hall–Kier alpha value is 0. The van der Waals surface area contributed by atoms with Crippen LogP contribution in [-0.4, -0.2) is 0 Å². The summed E-state index contributed by atoms with van der Waals surface area (Å²) in [5, 5.41) is 0. The van der Waals surface area contributed by atoms with Crippen LogP contribution in [0.15, 0.2) is 0 Å². The van der Waals surface area contributed by atoms with Crippen molar-refractivity contribution in [1.82, 2.24) is 0 Å². The zero-order valence-electron chi connectivity index (χ0n) is 13.4. The molecular weight excluding hydrogens is 216 g/mol. The second kappa shape index (κ2) is 5.17. The fourth-order valence-electron chi connectivity index (χ4n) is 5.48. The van der Waals surface area contributed by atoms with Gasteiger partial charge in [-0.25, -0.2) is 0 Å². The van der Waals surface area contributed by atoms with Gasteiger partial charge >= 0.3 is 0 Å². The molecule has 2 rings (SSSR count). The Labute approximate surface area is 115 Å². The minimum absolute atomic E-state index is 0.714. The third-order valence-corrected chi connectivity index (χ3v) is 6.40. The molecule has 0 aromatic heterocycles. The van der Waals surface area contributed by atoms with Gasteiger partial charge in [-0.3, -0.25) is 0 Å². The molecule has 0 aromatic carbocycles. The van der Waals surface area contributed by atoms with Crippen LogP contribution in [0, 0.1) is 28.6 Å². The molecule has 2 aliphatic rings. The van der Waals surface area contributed by atoms with E-state index in [4.69, 9.17) is 0 Å². The number of hydrogen-bond donors (Lipinski definition) is 0. The topological polar surface area (TPSA) is 0 Å². The predicted octanol–water partition coefficient (Wildman–Crippen LogP) is 6.06. The van der Waals surface area contributed by atoms with Crippen LogP contribution in [0.3, 0.4) is 0 Å².